The summed E-state index contributed by atoms with van der Waals surface area (Å²) in [7, 11) is 0. The molecule has 0 spiro atoms. The monoisotopic (exact) mass is 328 g/mol. The Morgan fingerprint density at radius 1 is 0.708 bits per heavy atom. The highest BCUT2D eigenvalue weighted by Gasteiger charge is 1.96. The summed E-state index contributed by atoms with van der Waals surface area (Å²) in [5.74, 6) is 0.654. The molecule has 136 valence electrons. The first-order valence-corrected chi connectivity index (χ1v) is 9.56. The lowest BCUT2D eigenvalue weighted by Gasteiger charge is -2.04. The lowest BCUT2D eigenvalue weighted by Crippen LogP contribution is -1.87. The molecule has 0 fully saturated rings. The van der Waals surface area contributed by atoms with E-state index in [2.05, 4.69) is 84.0 Å². The predicted octanol–water partition coefficient (Wildman–Crippen LogP) is 8.04. The van der Waals surface area contributed by atoms with Crippen LogP contribution in [0.1, 0.15) is 82.2 Å². The number of rotatable bonds is 2. The molecule has 0 amide bonds. The first kappa shape index (κ1) is 24.7. The van der Waals surface area contributed by atoms with E-state index < -0.39 is 0 Å². The smallest absolute Gasteiger partial charge is 0.0219 e. The highest BCUT2D eigenvalue weighted by molar-refractivity contribution is 5.28. The summed E-state index contributed by atoms with van der Waals surface area (Å²) in [4.78, 5) is 0. The fraction of sp³-hybridized carbons (Fsp3) is 0.500. The molecule has 2 aromatic carbocycles. The van der Waals surface area contributed by atoms with Crippen LogP contribution in [0.5, 0.6) is 0 Å². The number of benzene rings is 2. The molecule has 0 nitrogen and oxygen atoms in total. The summed E-state index contributed by atoms with van der Waals surface area (Å²) in [5.41, 5.74) is 6.96. The van der Waals surface area contributed by atoms with Crippen LogP contribution in [0, 0.1) is 20.8 Å². The van der Waals surface area contributed by atoms with E-state index in [1.54, 1.807) is 0 Å². The van der Waals surface area contributed by atoms with Crippen molar-refractivity contribution in [1.82, 2.24) is 0 Å². The van der Waals surface area contributed by atoms with Crippen LogP contribution in [-0.4, -0.2) is 0 Å². The van der Waals surface area contributed by atoms with Crippen molar-refractivity contribution >= 4 is 0 Å². The van der Waals surface area contributed by atoms with Crippen LogP contribution in [0.25, 0.3) is 0 Å². The van der Waals surface area contributed by atoms with Gasteiger partial charge in [-0.1, -0.05) is 96.5 Å². The number of aryl methyl sites for hydroxylation is 4. The average molecular weight is 329 g/mol. The lowest BCUT2D eigenvalue weighted by molar-refractivity contribution is 0.865. The van der Waals surface area contributed by atoms with Crippen molar-refractivity contribution in [3.63, 3.8) is 0 Å². The first-order chi connectivity index (χ1) is 11.4. The normalized spacial score (nSPS) is 8.96. The molecule has 24 heavy (non-hydrogen) atoms. The minimum atomic E-state index is 0.654. The van der Waals surface area contributed by atoms with E-state index in [1.807, 2.05) is 27.7 Å². The van der Waals surface area contributed by atoms with E-state index in [-0.39, 0.29) is 0 Å². The zero-order chi connectivity index (χ0) is 19.1. The molecule has 0 aliphatic rings. The minimum absolute atomic E-state index is 0.654. The topological polar surface area (TPSA) is 0 Å². The lowest BCUT2D eigenvalue weighted by atomic mass is 10.0. The third-order valence-corrected chi connectivity index (χ3v) is 3.72. The maximum absolute atomic E-state index is 2.23. The van der Waals surface area contributed by atoms with Gasteiger partial charge in [0.1, 0.15) is 0 Å². The molecule has 0 heterocycles. The summed E-state index contributed by atoms with van der Waals surface area (Å²) in [6.45, 7) is 21.0. The highest BCUT2D eigenvalue weighted by atomic mass is 14.0. The largest absolute Gasteiger partial charge is 0.0683 e. The van der Waals surface area contributed by atoms with Gasteiger partial charge in [0.05, 0.1) is 0 Å². The third-order valence-electron chi connectivity index (χ3n) is 3.72. The first-order valence-electron chi connectivity index (χ1n) is 9.56. The van der Waals surface area contributed by atoms with Crippen LogP contribution < -0.4 is 0 Å². The van der Waals surface area contributed by atoms with Crippen molar-refractivity contribution in [2.45, 2.75) is 81.6 Å². The maximum atomic E-state index is 2.23. The molecule has 0 heteroatoms. The van der Waals surface area contributed by atoms with Gasteiger partial charge in [-0.25, -0.2) is 0 Å². The van der Waals surface area contributed by atoms with Gasteiger partial charge in [0, 0.05) is 0 Å². The van der Waals surface area contributed by atoms with Gasteiger partial charge in [0.25, 0.3) is 0 Å². The number of hydrogen-bond donors (Lipinski definition) is 0. The van der Waals surface area contributed by atoms with Crippen LogP contribution in [0.4, 0.5) is 0 Å². The van der Waals surface area contributed by atoms with Crippen molar-refractivity contribution in [3.8, 4) is 0 Å². The van der Waals surface area contributed by atoms with Crippen LogP contribution in [0.3, 0.4) is 0 Å². The Morgan fingerprint density at radius 3 is 1.54 bits per heavy atom. The van der Waals surface area contributed by atoms with Crippen molar-refractivity contribution in [2.24, 2.45) is 0 Å². The molecule has 0 aromatic heterocycles. The zero-order valence-electron chi connectivity index (χ0n) is 17.8. The van der Waals surface area contributed by atoms with Gasteiger partial charge in [-0.3, -0.25) is 0 Å². The second-order valence-electron chi connectivity index (χ2n) is 5.84. The zero-order valence-corrected chi connectivity index (χ0v) is 17.8. The van der Waals surface area contributed by atoms with Crippen LogP contribution in [0.15, 0.2) is 42.5 Å². The second-order valence-corrected chi connectivity index (χ2v) is 5.84. The molecule has 0 bridgehead atoms. The molecule has 0 saturated heterocycles. The SMILES string of the molecule is CC.CC.CCc1ccc(C(C)C)cc1.Cc1ccc(C)c(C)c1. The van der Waals surface area contributed by atoms with E-state index in [0.29, 0.717) is 5.92 Å². The van der Waals surface area contributed by atoms with Crippen molar-refractivity contribution in [3.05, 3.63) is 70.3 Å². The van der Waals surface area contributed by atoms with Gasteiger partial charge in [-0.05, 0) is 55.4 Å². The Labute approximate surface area is 152 Å². The van der Waals surface area contributed by atoms with E-state index >= 15 is 0 Å². The highest BCUT2D eigenvalue weighted by Crippen LogP contribution is 2.14. The van der Waals surface area contributed by atoms with E-state index in [1.165, 1.54) is 27.8 Å². The fourth-order valence-electron chi connectivity index (χ4n) is 2.03. The molecule has 0 radical (unpaired) electrons. The quantitative estimate of drug-likeness (QED) is 0.523. The van der Waals surface area contributed by atoms with Crippen molar-refractivity contribution in [1.29, 1.82) is 0 Å². The maximum Gasteiger partial charge on any atom is -0.0219 e. The van der Waals surface area contributed by atoms with Crippen molar-refractivity contribution < 1.29 is 0 Å². The molecular formula is C24H40. The summed E-state index contributed by atoms with van der Waals surface area (Å²) in [6.07, 6.45) is 1.14. The predicted molar refractivity (Wildman–Crippen MR) is 113 cm³/mol. The van der Waals surface area contributed by atoms with Crippen LogP contribution in [0.2, 0.25) is 0 Å². The summed E-state index contributed by atoms with van der Waals surface area (Å²) in [5, 5.41) is 0. The summed E-state index contributed by atoms with van der Waals surface area (Å²) in [6, 6.07) is 15.4. The van der Waals surface area contributed by atoms with E-state index in [0.717, 1.165) is 6.42 Å². The van der Waals surface area contributed by atoms with Gasteiger partial charge < -0.3 is 0 Å². The van der Waals surface area contributed by atoms with E-state index in [4.69, 9.17) is 0 Å². The molecule has 0 aliphatic carbocycles. The summed E-state index contributed by atoms with van der Waals surface area (Å²) >= 11 is 0. The molecular weight excluding hydrogens is 288 g/mol. The van der Waals surface area contributed by atoms with Gasteiger partial charge in [0.15, 0.2) is 0 Å². The Bertz CT molecular complexity index is 518. The van der Waals surface area contributed by atoms with Crippen molar-refractivity contribution in [2.75, 3.05) is 0 Å². The molecule has 0 unspecified atom stereocenters. The van der Waals surface area contributed by atoms with Gasteiger partial charge in [-0.2, -0.15) is 0 Å². The average Bonchev–Trinajstić information content (AvgIpc) is 2.62. The molecule has 0 N–H and O–H groups in total. The number of hydrogen-bond acceptors (Lipinski definition) is 0. The van der Waals surface area contributed by atoms with Gasteiger partial charge in [0.2, 0.25) is 0 Å². The molecule has 0 atom stereocenters. The molecule has 0 saturated carbocycles. The molecule has 2 aromatic rings. The van der Waals surface area contributed by atoms with Gasteiger partial charge in [-0.15, -0.1) is 0 Å². The van der Waals surface area contributed by atoms with E-state index in [9.17, 15) is 0 Å². The van der Waals surface area contributed by atoms with Gasteiger partial charge >= 0.3 is 0 Å². The second kappa shape index (κ2) is 15.0. The third kappa shape index (κ3) is 10.3. The molecule has 2 rings (SSSR count). The van der Waals surface area contributed by atoms with Crippen LogP contribution in [-0.2, 0) is 6.42 Å². The molecule has 0 aliphatic heterocycles. The Morgan fingerprint density at radius 2 is 1.21 bits per heavy atom. The Hall–Kier alpha value is -1.56. The van der Waals surface area contributed by atoms with Crippen LogP contribution >= 0.6 is 0 Å². The Kier molecular flexibility index (Phi) is 15.4. The standard InChI is InChI=1S/C11H16.C9H12.2C2H6/c1-4-10-5-7-11(8-6-10)9(2)3;1-7-4-5-8(2)9(3)6-7;2*1-2/h5-9H,4H2,1-3H3;4-6H,1-3H3;2*1-2H3. The summed E-state index contributed by atoms with van der Waals surface area (Å²) < 4.78 is 0. The Balaban J connectivity index is 0. The fourth-order valence-corrected chi connectivity index (χ4v) is 2.03. The minimum Gasteiger partial charge on any atom is -0.0683 e.